The first-order chi connectivity index (χ1) is 9.33. The maximum Gasteiger partial charge on any atom is 0.135 e. The molecule has 98 valence electrons. The average molecular weight is 256 g/mol. The van der Waals surface area contributed by atoms with Crippen molar-refractivity contribution in [2.45, 2.75) is 20.1 Å². The predicted octanol–water partition coefficient (Wildman–Crippen LogP) is 1.83. The van der Waals surface area contributed by atoms with E-state index in [9.17, 15) is 0 Å². The number of nitrogens with zero attached hydrogens (tertiary/aromatic N) is 2. The van der Waals surface area contributed by atoms with Crippen molar-refractivity contribution in [2.24, 2.45) is 0 Å². The minimum absolute atomic E-state index is 0.155. The van der Waals surface area contributed by atoms with Crippen molar-refractivity contribution in [3.8, 4) is 17.6 Å². The Balaban J connectivity index is 2.06. The number of benzene rings is 1. The molecular weight excluding hydrogens is 240 g/mol. The summed E-state index contributed by atoms with van der Waals surface area (Å²) in [7, 11) is 0. The van der Waals surface area contributed by atoms with Gasteiger partial charge < -0.3 is 9.84 Å². The van der Waals surface area contributed by atoms with E-state index in [1.54, 1.807) is 6.20 Å². The summed E-state index contributed by atoms with van der Waals surface area (Å²) in [5.41, 5.74) is 1.80. The van der Waals surface area contributed by atoms with Gasteiger partial charge >= 0.3 is 0 Å². The summed E-state index contributed by atoms with van der Waals surface area (Å²) >= 11 is 0. The molecule has 0 aliphatic rings. The van der Waals surface area contributed by atoms with E-state index in [1.807, 2.05) is 42.1 Å². The van der Waals surface area contributed by atoms with Crippen molar-refractivity contribution in [1.29, 1.82) is 0 Å². The van der Waals surface area contributed by atoms with Gasteiger partial charge in [0.05, 0.1) is 11.8 Å². The lowest BCUT2D eigenvalue weighted by atomic mass is 10.2. The molecule has 0 amide bonds. The number of para-hydroxylation sites is 1. The standard InChI is InChI=1S/C15H16N2O2/c1-2-17-11-13(10-16-17)12-19-15-8-4-3-6-14(15)7-5-9-18/h3-4,6,8,10-11,18H,2,9,12H2,1H3. The number of hydrogen-bond donors (Lipinski definition) is 1. The Morgan fingerprint density at radius 3 is 2.95 bits per heavy atom. The number of aryl methyl sites for hydroxylation is 1. The SMILES string of the molecule is CCn1cc(COc2ccccc2C#CCO)cn1. The number of ether oxygens (including phenoxy) is 1. The highest BCUT2D eigenvalue weighted by atomic mass is 16.5. The van der Waals surface area contributed by atoms with Gasteiger partial charge in [-0.3, -0.25) is 4.68 Å². The first-order valence-electron chi connectivity index (χ1n) is 6.16. The summed E-state index contributed by atoms with van der Waals surface area (Å²) in [6.07, 6.45) is 3.76. The Hall–Kier alpha value is -2.25. The zero-order valence-corrected chi connectivity index (χ0v) is 10.8. The van der Waals surface area contributed by atoms with E-state index in [0.29, 0.717) is 12.4 Å². The molecule has 1 N–H and O–H groups in total. The molecule has 0 unspecified atom stereocenters. The van der Waals surface area contributed by atoms with Crippen LogP contribution in [0.2, 0.25) is 0 Å². The third-order valence-electron chi connectivity index (χ3n) is 2.59. The van der Waals surface area contributed by atoms with Crippen LogP contribution in [0.1, 0.15) is 18.1 Å². The van der Waals surface area contributed by atoms with E-state index < -0.39 is 0 Å². The topological polar surface area (TPSA) is 47.3 Å². The molecule has 0 spiro atoms. The number of hydrogen-bond acceptors (Lipinski definition) is 3. The lowest BCUT2D eigenvalue weighted by molar-refractivity contribution is 0.305. The van der Waals surface area contributed by atoms with Crippen LogP contribution in [0.25, 0.3) is 0 Å². The molecule has 4 heteroatoms. The van der Waals surface area contributed by atoms with Gasteiger partial charge in [0.2, 0.25) is 0 Å². The van der Waals surface area contributed by atoms with Crippen molar-refractivity contribution < 1.29 is 9.84 Å². The zero-order chi connectivity index (χ0) is 13.5. The fourth-order valence-corrected chi connectivity index (χ4v) is 1.65. The highest BCUT2D eigenvalue weighted by molar-refractivity contribution is 5.45. The summed E-state index contributed by atoms with van der Waals surface area (Å²) in [5.74, 6) is 6.21. The van der Waals surface area contributed by atoms with Gasteiger partial charge in [-0.2, -0.15) is 5.10 Å². The van der Waals surface area contributed by atoms with Crippen LogP contribution in [0.5, 0.6) is 5.75 Å². The van der Waals surface area contributed by atoms with Crippen LogP contribution in [0.15, 0.2) is 36.7 Å². The predicted molar refractivity (Wildman–Crippen MR) is 72.6 cm³/mol. The van der Waals surface area contributed by atoms with Crippen molar-refractivity contribution in [2.75, 3.05) is 6.61 Å². The lowest BCUT2D eigenvalue weighted by Gasteiger charge is -2.06. The molecule has 0 aliphatic carbocycles. The first kappa shape index (κ1) is 13.2. The fourth-order valence-electron chi connectivity index (χ4n) is 1.65. The molecular formula is C15H16N2O2. The first-order valence-corrected chi connectivity index (χ1v) is 6.16. The maximum atomic E-state index is 8.73. The quantitative estimate of drug-likeness (QED) is 0.849. The van der Waals surface area contributed by atoms with Crippen LogP contribution in [0, 0.1) is 11.8 Å². The Kier molecular flexibility index (Phi) is 4.60. The van der Waals surface area contributed by atoms with E-state index in [-0.39, 0.29) is 6.61 Å². The Morgan fingerprint density at radius 2 is 2.21 bits per heavy atom. The highest BCUT2D eigenvalue weighted by Crippen LogP contribution is 2.18. The average Bonchev–Trinajstić information content (AvgIpc) is 2.91. The van der Waals surface area contributed by atoms with Crippen molar-refractivity contribution in [3.05, 3.63) is 47.8 Å². The van der Waals surface area contributed by atoms with Crippen LogP contribution in [0.4, 0.5) is 0 Å². The maximum absolute atomic E-state index is 8.73. The zero-order valence-electron chi connectivity index (χ0n) is 10.8. The normalized spacial score (nSPS) is 9.79. The summed E-state index contributed by atoms with van der Waals surface area (Å²) in [6, 6.07) is 7.53. The van der Waals surface area contributed by atoms with E-state index in [1.165, 1.54) is 0 Å². The molecule has 0 radical (unpaired) electrons. The Labute approximate surface area is 112 Å². The molecule has 4 nitrogen and oxygen atoms in total. The second-order valence-corrected chi connectivity index (χ2v) is 3.95. The Bertz CT molecular complexity index is 593. The van der Waals surface area contributed by atoms with Gasteiger partial charge in [0.15, 0.2) is 0 Å². The molecule has 0 bridgehead atoms. The monoisotopic (exact) mass is 256 g/mol. The molecule has 0 fully saturated rings. The second kappa shape index (κ2) is 6.62. The summed E-state index contributed by atoms with van der Waals surface area (Å²) < 4.78 is 7.60. The van der Waals surface area contributed by atoms with E-state index in [2.05, 4.69) is 16.9 Å². The highest BCUT2D eigenvalue weighted by Gasteiger charge is 2.02. The Morgan fingerprint density at radius 1 is 1.37 bits per heavy atom. The van der Waals surface area contributed by atoms with Crippen LogP contribution in [-0.2, 0) is 13.2 Å². The number of aliphatic hydroxyl groups excluding tert-OH is 1. The van der Waals surface area contributed by atoms with E-state index in [0.717, 1.165) is 17.7 Å². The molecule has 1 aromatic heterocycles. The van der Waals surface area contributed by atoms with Gasteiger partial charge in [-0.1, -0.05) is 24.0 Å². The molecule has 2 aromatic rings. The molecule has 0 saturated carbocycles. The van der Waals surface area contributed by atoms with Gasteiger partial charge in [-0.05, 0) is 19.1 Å². The summed E-state index contributed by atoms with van der Waals surface area (Å²) in [4.78, 5) is 0. The molecule has 2 rings (SSSR count). The molecule has 19 heavy (non-hydrogen) atoms. The van der Waals surface area contributed by atoms with Crippen molar-refractivity contribution >= 4 is 0 Å². The molecule has 0 saturated heterocycles. The van der Waals surface area contributed by atoms with Crippen LogP contribution in [0.3, 0.4) is 0 Å². The van der Waals surface area contributed by atoms with Crippen LogP contribution in [-0.4, -0.2) is 21.5 Å². The molecule has 1 aromatic carbocycles. The smallest absolute Gasteiger partial charge is 0.135 e. The van der Waals surface area contributed by atoms with Gasteiger partial charge in [-0.15, -0.1) is 0 Å². The summed E-state index contributed by atoms with van der Waals surface area (Å²) in [6.45, 7) is 3.19. The molecule has 1 heterocycles. The minimum atomic E-state index is -0.155. The van der Waals surface area contributed by atoms with Crippen molar-refractivity contribution in [3.63, 3.8) is 0 Å². The third-order valence-corrected chi connectivity index (χ3v) is 2.59. The number of aromatic nitrogens is 2. The lowest BCUT2D eigenvalue weighted by Crippen LogP contribution is -1.97. The van der Waals surface area contributed by atoms with Gasteiger partial charge in [0, 0.05) is 18.3 Å². The van der Waals surface area contributed by atoms with E-state index >= 15 is 0 Å². The third kappa shape index (κ3) is 3.60. The number of aliphatic hydroxyl groups is 1. The molecule has 0 atom stereocenters. The second-order valence-electron chi connectivity index (χ2n) is 3.95. The van der Waals surface area contributed by atoms with Crippen LogP contribution < -0.4 is 4.74 Å². The minimum Gasteiger partial charge on any atom is -0.487 e. The number of rotatable bonds is 4. The van der Waals surface area contributed by atoms with Crippen LogP contribution >= 0.6 is 0 Å². The van der Waals surface area contributed by atoms with Gasteiger partial charge in [-0.25, -0.2) is 0 Å². The fraction of sp³-hybridized carbons (Fsp3) is 0.267. The van der Waals surface area contributed by atoms with Crippen molar-refractivity contribution in [1.82, 2.24) is 9.78 Å². The summed E-state index contributed by atoms with van der Waals surface area (Å²) in [5, 5.41) is 12.9. The van der Waals surface area contributed by atoms with E-state index in [4.69, 9.17) is 9.84 Å². The van der Waals surface area contributed by atoms with Gasteiger partial charge in [0.1, 0.15) is 19.0 Å². The largest absolute Gasteiger partial charge is 0.487 e. The molecule has 0 aliphatic heterocycles. The van der Waals surface area contributed by atoms with Gasteiger partial charge in [0.25, 0.3) is 0 Å².